The molecule has 1 saturated heterocycles. The summed E-state index contributed by atoms with van der Waals surface area (Å²) in [5, 5.41) is 2.33. The molecule has 0 aliphatic carbocycles. The van der Waals surface area contributed by atoms with E-state index < -0.39 is 0 Å². The van der Waals surface area contributed by atoms with Gasteiger partial charge in [-0.3, -0.25) is 0 Å². The third kappa shape index (κ3) is 1.16. The van der Waals surface area contributed by atoms with Crippen molar-refractivity contribution < 1.29 is 0 Å². The van der Waals surface area contributed by atoms with Crippen LogP contribution in [0.2, 0.25) is 0 Å². The maximum Gasteiger partial charge on any atom is 0.0378 e. The van der Waals surface area contributed by atoms with Crippen LogP contribution in [-0.2, 0) is 0 Å². The Kier molecular flexibility index (Phi) is 1.64. The minimum absolute atomic E-state index is 0.885. The van der Waals surface area contributed by atoms with Crippen molar-refractivity contribution in [2.45, 2.75) is 26.7 Å². The second-order valence-corrected chi connectivity index (χ2v) is 3.81. The van der Waals surface area contributed by atoms with Gasteiger partial charge in [-0.05, 0) is 31.3 Å². The Morgan fingerprint density at radius 3 is 3.18 bits per heavy atom. The van der Waals surface area contributed by atoms with Crippen molar-refractivity contribution in [1.82, 2.24) is 10.4 Å². The first-order valence-electron chi connectivity index (χ1n) is 4.47. The fraction of sp³-hybridized carbons (Fsp3) is 0.778. The lowest BCUT2D eigenvalue weighted by atomic mass is 9.96. The normalized spacial score (nSPS) is 31.1. The molecule has 0 aromatic carbocycles. The highest BCUT2D eigenvalue weighted by molar-refractivity contribution is 5.18. The Hall–Kier alpha value is -0.500. The lowest BCUT2D eigenvalue weighted by Gasteiger charge is -2.30. The number of fused-ring (bicyclic) bond motifs is 1. The molecule has 0 saturated carbocycles. The fourth-order valence-electron chi connectivity index (χ4n) is 1.92. The monoisotopic (exact) mass is 152 g/mol. The third-order valence-corrected chi connectivity index (χ3v) is 2.74. The number of allylic oxidation sites excluding steroid dienone is 1. The Morgan fingerprint density at radius 1 is 1.55 bits per heavy atom. The van der Waals surface area contributed by atoms with Crippen LogP contribution in [-0.4, -0.2) is 18.1 Å². The quantitative estimate of drug-likeness (QED) is 0.566. The van der Waals surface area contributed by atoms with Crippen molar-refractivity contribution in [2.24, 2.45) is 5.92 Å². The van der Waals surface area contributed by atoms with Gasteiger partial charge in [0.25, 0.3) is 0 Å². The minimum atomic E-state index is 0.885. The van der Waals surface area contributed by atoms with Crippen LogP contribution in [0, 0.1) is 5.92 Å². The second kappa shape index (κ2) is 2.52. The molecule has 0 radical (unpaired) electrons. The van der Waals surface area contributed by atoms with E-state index in [-0.39, 0.29) is 0 Å². The van der Waals surface area contributed by atoms with Gasteiger partial charge in [0.05, 0.1) is 0 Å². The van der Waals surface area contributed by atoms with Crippen molar-refractivity contribution in [1.29, 1.82) is 0 Å². The molecule has 0 aromatic heterocycles. The smallest absolute Gasteiger partial charge is 0.0378 e. The molecule has 1 unspecified atom stereocenters. The molecule has 2 nitrogen and oxygen atoms in total. The number of nitrogens with one attached hydrogen (secondary N) is 1. The first-order valence-corrected chi connectivity index (χ1v) is 4.47. The molecule has 2 heterocycles. The van der Waals surface area contributed by atoms with Gasteiger partial charge in [-0.25, -0.2) is 5.43 Å². The third-order valence-electron chi connectivity index (χ3n) is 2.74. The Morgan fingerprint density at radius 2 is 2.36 bits per heavy atom. The highest BCUT2D eigenvalue weighted by Crippen LogP contribution is 2.28. The maximum atomic E-state index is 3.39. The Balaban J connectivity index is 2.16. The van der Waals surface area contributed by atoms with Gasteiger partial charge in [0.15, 0.2) is 0 Å². The number of rotatable bonds is 0. The van der Waals surface area contributed by atoms with Gasteiger partial charge in [0, 0.05) is 18.8 Å². The van der Waals surface area contributed by atoms with E-state index in [1.165, 1.54) is 25.0 Å². The fourth-order valence-corrected chi connectivity index (χ4v) is 1.92. The largest absolute Gasteiger partial charge is 0.312 e. The number of hydrazine groups is 1. The van der Waals surface area contributed by atoms with Gasteiger partial charge in [0.1, 0.15) is 0 Å². The topological polar surface area (TPSA) is 15.3 Å². The molecule has 1 N–H and O–H groups in total. The number of nitrogens with zero attached hydrogens (tertiary/aromatic N) is 1. The van der Waals surface area contributed by atoms with Gasteiger partial charge in [-0.1, -0.05) is 6.92 Å². The van der Waals surface area contributed by atoms with Crippen molar-refractivity contribution in [3.63, 3.8) is 0 Å². The van der Waals surface area contributed by atoms with Crippen LogP contribution in [0.25, 0.3) is 0 Å². The molecular formula is C9H16N2. The lowest BCUT2D eigenvalue weighted by molar-refractivity contribution is 0.210. The van der Waals surface area contributed by atoms with Crippen LogP contribution in [0.5, 0.6) is 0 Å². The summed E-state index contributed by atoms with van der Waals surface area (Å²) >= 11 is 0. The molecule has 62 valence electrons. The molecule has 0 aromatic rings. The first-order chi connectivity index (χ1) is 5.27. The van der Waals surface area contributed by atoms with Crippen molar-refractivity contribution in [3.05, 3.63) is 11.3 Å². The lowest BCUT2D eigenvalue weighted by Crippen LogP contribution is -2.36. The first kappa shape index (κ1) is 7.17. The molecule has 1 atom stereocenters. The summed E-state index contributed by atoms with van der Waals surface area (Å²) in [6, 6.07) is 0. The van der Waals surface area contributed by atoms with E-state index >= 15 is 0 Å². The summed E-state index contributed by atoms with van der Waals surface area (Å²) in [5.74, 6) is 0.885. The van der Waals surface area contributed by atoms with Crippen LogP contribution >= 0.6 is 0 Å². The second-order valence-electron chi connectivity index (χ2n) is 3.81. The van der Waals surface area contributed by atoms with Crippen molar-refractivity contribution in [2.75, 3.05) is 13.1 Å². The molecule has 0 amide bonds. The van der Waals surface area contributed by atoms with Crippen LogP contribution in [0.1, 0.15) is 26.7 Å². The van der Waals surface area contributed by atoms with Gasteiger partial charge in [0.2, 0.25) is 0 Å². The highest BCUT2D eigenvalue weighted by Gasteiger charge is 2.25. The molecule has 2 aliphatic heterocycles. The predicted molar refractivity (Wildman–Crippen MR) is 45.8 cm³/mol. The van der Waals surface area contributed by atoms with Gasteiger partial charge >= 0.3 is 0 Å². The van der Waals surface area contributed by atoms with Gasteiger partial charge in [-0.2, -0.15) is 0 Å². The van der Waals surface area contributed by atoms with Gasteiger partial charge in [-0.15, -0.1) is 0 Å². The number of piperidine rings is 1. The average Bonchev–Trinajstić information content (AvgIpc) is 2.33. The van der Waals surface area contributed by atoms with Crippen LogP contribution in [0.15, 0.2) is 11.3 Å². The highest BCUT2D eigenvalue weighted by atomic mass is 15.5. The predicted octanol–water partition coefficient (Wildman–Crippen LogP) is 1.51. The van der Waals surface area contributed by atoms with E-state index in [0.717, 1.165) is 12.5 Å². The van der Waals surface area contributed by atoms with Crippen LogP contribution < -0.4 is 5.43 Å². The van der Waals surface area contributed by atoms with E-state index in [2.05, 4.69) is 24.3 Å². The van der Waals surface area contributed by atoms with E-state index in [9.17, 15) is 0 Å². The summed E-state index contributed by atoms with van der Waals surface area (Å²) in [4.78, 5) is 0. The van der Waals surface area contributed by atoms with Crippen LogP contribution in [0.3, 0.4) is 0 Å². The van der Waals surface area contributed by atoms with Gasteiger partial charge < -0.3 is 5.01 Å². The van der Waals surface area contributed by atoms with Crippen LogP contribution in [0.4, 0.5) is 0 Å². The molecule has 0 bridgehead atoms. The van der Waals surface area contributed by atoms with E-state index in [1.807, 2.05) is 0 Å². The summed E-state index contributed by atoms with van der Waals surface area (Å²) in [6.07, 6.45) is 2.61. The zero-order valence-corrected chi connectivity index (χ0v) is 7.35. The molecule has 11 heavy (non-hydrogen) atoms. The molecule has 2 aliphatic rings. The molecule has 2 rings (SSSR count). The Bertz CT molecular complexity index is 196. The zero-order chi connectivity index (χ0) is 7.84. The molecular weight excluding hydrogens is 136 g/mol. The van der Waals surface area contributed by atoms with E-state index in [4.69, 9.17) is 0 Å². The molecule has 1 fully saturated rings. The standard InChI is InChI=1S/C9H16N2/c1-7-3-4-11-9(5-7)8(2)6-10-11/h7,10H,3-6H2,1-2H3. The Labute approximate surface area is 68.2 Å². The minimum Gasteiger partial charge on any atom is -0.312 e. The summed E-state index contributed by atoms with van der Waals surface area (Å²) in [5.41, 5.74) is 6.49. The average molecular weight is 152 g/mol. The van der Waals surface area contributed by atoms with E-state index in [0.29, 0.717) is 0 Å². The number of hydrogen-bond donors (Lipinski definition) is 1. The molecule has 0 spiro atoms. The zero-order valence-electron chi connectivity index (χ0n) is 7.35. The SMILES string of the molecule is CC1=C2CC(C)CCN2NC1. The van der Waals surface area contributed by atoms with E-state index in [1.54, 1.807) is 5.70 Å². The number of hydrogen-bond acceptors (Lipinski definition) is 2. The van der Waals surface area contributed by atoms with Crippen molar-refractivity contribution >= 4 is 0 Å². The van der Waals surface area contributed by atoms with Crippen molar-refractivity contribution in [3.8, 4) is 0 Å². The summed E-state index contributed by atoms with van der Waals surface area (Å²) in [6.45, 7) is 6.85. The summed E-state index contributed by atoms with van der Waals surface area (Å²) < 4.78 is 0. The molecule has 2 heteroatoms. The maximum absolute atomic E-state index is 3.39. The summed E-state index contributed by atoms with van der Waals surface area (Å²) in [7, 11) is 0.